The molecule has 0 aliphatic carbocycles. The SMILES string of the molecule is CCCCCCC(=Nc1ccc(CC)c(CC)c1)C(CCCC)=[N+]([Ni])c1ccc(CC)c(CC)c1. The van der Waals surface area contributed by atoms with Gasteiger partial charge in [0.1, 0.15) is 0 Å². The summed E-state index contributed by atoms with van der Waals surface area (Å²) in [5.74, 6) is 0. The second-order valence-electron chi connectivity index (χ2n) is 9.49. The van der Waals surface area contributed by atoms with Gasteiger partial charge >= 0.3 is 224 Å². The fourth-order valence-corrected chi connectivity index (χ4v) is 5.11. The Morgan fingerprint density at radius 1 is 0.657 bits per heavy atom. The Bertz CT molecular complexity index is 987. The second kappa shape index (κ2) is 16.1. The molecule has 0 heterocycles. The van der Waals surface area contributed by atoms with Crippen molar-refractivity contribution in [3.8, 4) is 0 Å². The van der Waals surface area contributed by atoms with Crippen LogP contribution in [0.4, 0.5) is 11.4 Å². The van der Waals surface area contributed by atoms with Gasteiger partial charge in [-0.2, -0.15) is 0 Å². The molecule has 35 heavy (non-hydrogen) atoms. The number of aryl methyl sites for hydroxylation is 4. The average molecular weight is 519 g/mol. The third kappa shape index (κ3) is 8.71. The van der Waals surface area contributed by atoms with Crippen LogP contribution >= 0.6 is 0 Å². The first-order chi connectivity index (χ1) is 17.0. The van der Waals surface area contributed by atoms with Crippen molar-refractivity contribution < 1.29 is 19.3 Å². The zero-order valence-corrected chi connectivity index (χ0v) is 24.1. The summed E-state index contributed by atoms with van der Waals surface area (Å²) in [5, 5.41) is 0. The van der Waals surface area contributed by atoms with Gasteiger partial charge in [-0.25, -0.2) is 0 Å². The molecule has 0 saturated carbocycles. The van der Waals surface area contributed by atoms with Crippen molar-refractivity contribution in [2.45, 2.75) is 119 Å². The van der Waals surface area contributed by atoms with E-state index in [4.69, 9.17) is 20.7 Å². The Kier molecular flexibility index (Phi) is 13.6. The van der Waals surface area contributed by atoms with Crippen LogP contribution in [0.1, 0.15) is 115 Å². The molecule has 3 heteroatoms. The van der Waals surface area contributed by atoms with E-state index in [1.807, 2.05) is 0 Å². The molecule has 0 N–H and O–H groups in total. The molecule has 195 valence electrons. The van der Waals surface area contributed by atoms with Crippen LogP contribution in [0.25, 0.3) is 0 Å². The van der Waals surface area contributed by atoms with Crippen molar-refractivity contribution in [1.29, 1.82) is 0 Å². The molecule has 0 aliphatic heterocycles. The molecule has 0 aliphatic rings. The number of rotatable bonds is 15. The monoisotopic (exact) mass is 518 g/mol. The van der Waals surface area contributed by atoms with Crippen molar-refractivity contribution in [2.75, 3.05) is 0 Å². The van der Waals surface area contributed by atoms with Gasteiger partial charge in [-0.15, -0.1) is 0 Å². The molecule has 2 aromatic rings. The number of aliphatic imine (C=N–C) groups is 1. The number of nitrogens with zero attached hydrogens (tertiary/aromatic N) is 2. The number of hydrogen-bond donors (Lipinski definition) is 0. The predicted octanol–water partition coefficient (Wildman–Crippen LogP) is 9.42. The fourth-order valence-electron chi connectivity index (χ4n) is 4.74. The van der Waals surface area contributed by atoms with E-state index >= 15 is 0 Å². The van der Waals surface area contributed by atoms with Gasteiger partial charge in [-0.1, -0.05) is 0 Å². The molecule has 0 amide bonds. The van der Waals surface area contributed by atoms with Crippen molar-refractivity contribution >= 4 is 22.8 Å². The Balaban J connectivity index is 2.61. The standard InChI is InChI=1S/C32H48N2.Ni/c1-7-13-15-16-18-32(34-30-22-20-26(10-4)28(12-6)24-30)31(17-14-8-2)33-29-21-19-25(9-3)27(11-5)23-29;/h19-24H,7-18H2,1-6H3;/q;+1. The van der Waals surface area contributed by atoms with Gasteiger partial charge in [0.05, 0.1) is 0 Å². The fraction of sp³-hybridized carbons (Fsp3) is 0.562. The Morgan fingerprint density at radius 2 is 1.26 bits per heavy atom. The van der Waals surface area contributed by atoms with Gasteiger partial charge in [0.2, 0.25) is 0 Å². The first-order valence-corrected chi connectivity index (χ1v) is 14.6. The third-order valence-corrected chi connectivity index (χ3v) is 7.49. The number of benzene rings is 2. The van der Waals surface area contributed by atoms with E-state index in [0.717, 1.165) is 62.7 Å². The maximum atomic E-state index is 5.74. The van der Waals surface area contributed by atoms with Gasteiger partial charge in [0.25, 0.3) is 0 Å². The minimum atomic E-state index is 0.980. The summed E-state index contributed by atoms with van der Waals surface area (Å²) in [5.41, 5.74) is 10.3. The van der Waals surface area contributed by atoms with Crippen molar-refractivity contribution in [3.63, 3.8) is 0 Å². The summed E-state index contributed by atoms with van der Waals surface area (Å²) in [6, 6.07) is 13.6. The van der Waals surface area contributed by atoms with Crippen LogP contribution in [0.15, 0.2) is 41.4 Å². The molecule has 0 atom stereocenters. The van der Waals surface area contributed by atoms with E-state index in [9.17, 15) is 0 Å². The predicted molar refractivity (Wildman–Crippen MR) is 151 cm³/mol. The molecule has 0 fully saturated rings. The molecular formula is C32H48N2Ni+. The molecular weight excluding hydrogens is 471 g/mol. The number of hydrogen-bond acceptors (Lipinski definition) is 1. The molecule has 0 bridgehead atoms. The van der Waals surface area contributed by atoms with E-state index in [0.29, 0.717) is 0 Å². The quantitative estimate of drug-likeness (QED) is 0.127. The average Bonchev–Trinajstić information content (AvgIpc) is 2.90. The van der Waals surface area contributed by atoms with Gasteiger partial charge in [-0.3, -0.25) is 0 Å². The van der Waals surface area contributed by atoms with Crippen LogP contribution in [0.3, 0.4) is 0 Å². The van der Waals surface area contributed by atoms with Crippen molar-refractivity contribution in [1.82, 2.24) is 0 Å². The maximum absolute atomic E-state index is 5.74. The first-order valence-electron chi connectivity index (χ1n) is 14.1. The Labute approximate surface area is 223 Å². The van der Waals surface area contributed by atoms with E-state index in [1.54, 1.807) is 0 Å². The van der Waals surface area contributed by atoms with Crippen LogP contribution in [0.5, 0.6) is 0 Å². The molecule has 0 aromatic heterocycles. The first kappa shape index (κ1) is 29.5. The molecule has 2 nitrogen and oxygen atoms in total. The van der Waals surface area contributed by atoms with Gasteiger partial charge in [-0.05, 0) is 0 Å². The van der Waals surface area contributed by atoms with Crippen LogP contribution in [0, 0.1) is 0 Å². The zero-order chi connectivity index (χ0) is 25.6. The van der Waals surface area contributed by atoms with Gasteiger partial charge in [0, 0.05) is 0 Å². The van der Waals surface area contributed by atoms with Crippen molar-refractivity contribution in [3.05, 3.63) is 58.7 Å². The van der Waals surface area contributed by atoms with Crippen LogP contribution in [-0.4, -0.2) is 15.1 Å². The van der Waals surface area contributed by atoms with Crippen LogP contribution < -0.4 is 0 Å². The molecule has 0 radical (unpaired) electrons. The summed E-state index contributed by atoms with van der Waals surface area (Å²) >= 11 is 5.74. The van der Waals surface area contributed by atoms with E-state index < -0.39 is 0 Å². The summed E-state index contributed by atoms with van der Waals surface area (Å²) in [7, 11) is 0. The van der Waals surface area contributed by atoms with E-state index in [-0.39, 0.29) is 0 Å². The van der Waals surface area contributed by atoms with E-state index in [2.05, 4.69) is 81.6 Å². The summed E-state index contributed by atoms with van der Waals surface area (Å²) in [6.45, 7) is 13.5. The Hall–Kier alpha value is -1.73. The van der Waals surface area contributed by atoms with Crippen LogP contribution in [0.2, 0.25) is 0 Å². The normalized spacial score (nSPS) is 12.7. The van der Waals surface area contributed by atoms with Crippen LogP contribution in [-0.2, 0) is 41.4 Å². The molecule has 0 unspecified atom stereocenters. The van der Waals surface area contributed by atoms with Gasteiger partial charge in [0.15, 0.2) is 0 Å². The zero-order valence-electron chi connectivity index (χ0n) is 23.2. The second-order valence-corrected chi connectivity index (χ2v) is 9.93. The van der Waals surface area contributed by atoms with E-state index in [1.165, 1.54) is 59.4 Å². The summed E-state index contributed by atoms with van der Waals surface area (Å²) in [4.78, 5) is 5.29. The molecule has 0 saturated heterocycles. The molecule has 2 rings (SSSR count). The van der Waals surface area contributed by atoms with Gasteiger partial charge < -0.3 is 0 Å². The summed E-state index contributed by atoms with van der Waals surface area (Å²) in [6.07, 6.45) is 13.4. The molecule has 2 aromatic carbocycles. The van der Waals surface area contributed by atoms with Crippen molar-refractivity contribution in [2.24, 2.45) is 4.99 Å². The molecule has 0 spiro atoms. The number of unbranched alkanes of at least 4 members (excludes halogenated alkanes) is 4. The summed E-state index contributed by atoms with van der Waals surface area (Å²) < 4.78 is 2.06. The minimum absolute atomic E-state index is 0.980. The third-order valence-electron chi connectivity index (χ3n) is 6.97. The topological polar surface area (TPSA) is 15.4 Å². The Morgan fingerprint density at radius 3 is 1.86 bits per heavy atom.